The zero-order chi connectivity index (χ0) is 25.1. The van der Waals surface area contributed by atoms with Gasteiger partial charge >= 0.3 is 0 Å². The van der Waals surface area contributed by atoms with E-state index in [0.29, 0.717) is 41.0 Å². The molecule has 1 aliphatic heterocycles. The summed E-state index contributed by atoms with van der Waals surface area (Å²) in [7, 11) is 1.60. The minimum atomic E-state index is -0.508. The van der Waals surface area contributed by atoms with E-state index in [1.807, 2.05) is 73.7 Å². The normalized spacial score (nSPS) is 14.6. The van der Waals surface area contributed by atoms with Crippen LogP contribution in [0.3, 0.4) is 0 Å². The number of fused-ring (bicyclic) bond motifs is 1. The first-order valence-electron chi connectivity index (χ1n) is 11.6. The van der Waals surface area contributed by atoms with Crippen LogP contribution >= 0.6 is 0 Å². The molecule has 0 aliphatic carbocycles. The first-order chi connectivity index (χ1) is 17.5. The van der Waals surface area contributed by atoms with Crippen LogP contribution in [0, 0.1) is 6.92 Å². The minimum Gasteiger partial charge on any atom is -0.493 e. The molecule has 1 aliphatic rings. The summed E-state index contributed by atoms with van der Waals surface area (Å²) >= 11 is 0. The fraction of sp³-hybridized carbons (Fsp3) is 0.179. The van der Waals surface area contributed by atoms with Crippen LogP contribution < -0.4 is 20.1 Å². The van der Waals surface area contributed by atoms with Gasteiger partial charge in [-0.3, -0.25) is 4.79 Å². The lowest BCUT2D eigenvalue weighted by Gasteiger charge is -2.29. The van der Waals surface area contributed by atoms with Gasteiger partial charge < -0.3 is 20.1 Å². The number of amides is 1. The monoisotopic (exact) mass is 481 g/mol. The third-order valence-corrected chi connectivity index (χ3v) is 6.22. The van der Waals surface area contributed by atoms with E-state index in [4.69, 9.17) is 9.47 Å². The maximum absolute atomic E-state index is 13.5. The number of benzene rings is 3. The lowest BCUT2D eigenvalue weighted by molar-refractivity contribution is -0.113. The molecule has 5 rings (SSSR count). The molecule has 3 aromatic carbocycles. The van der Waals surface area contributed by atoms with Gasteiger partial charge in [-0.1, -0.05) is 48.5 Å². The molecule has 36 heavy (non-hydrogen) atoms. The van der Waals surface area contributed by atoms with Crippen LogP contribution in [-0.4, -0.2) is 27.8 Å². The van der Waals surface area contributed by atoms with Gasteiger partial charge in [-0.2, -0.15) is 10.1 Å². The van der Waals surface area contributed by atoms with Crippen molar-refractivity contribution in [2.75, 3.05) is 17.7 Å². The SMILES string of the molecule is COc1cc(C2C(C(=O)Nc3ccccc3)=C(C)Nc3ncnn32)ccc1OCc1ccccc1C. The summed E-state index contributed by atoms with van der Waals surface area (Å²) in [6, 6.07) is 22.6. The van der Waals surface area contributed by atoms with E-state index in [0.717, 1.165) is 16.7 Å². The standard InChI is InChI=1S/C28H27N5O3/c1-18-9-7-8-10-21(18)16-36-23-14-13-20(15-24(23)35-3)26-25(19(2)31-28-29-17-30-33(26)28)27(34)32-22-11-5-4-6-12-22/h4-15,17,26H,16H2,1-3H3,(H,32,34)(H,29,30,31). The summed E-state index contributed by atoms with van der Waals surface area (Å²) in [4.78, 5) is 17.8. The number of aromatic nitrogens is 3. The van der Waals surface area contributed by atoms with Crippen molar-refractivity contribution in [1.82, 2.24) is 14.8 Å². The molecule has 1 unspecified atom stereocenters. The van der Waals surface area contributed by atoms with Gasteiger partial charge in [0.2, 0.25) is 5.95 Å². The minimum absolute atomic E-state index is 0.226. The first kappa shape index (κ1) is 23.2. The Morgan fingerprint density at radius 2 is 1.81 bits per heavy atom. The van der Waals surface area contributed by atoms with Crippen LogP contribution in [0.1, 0.15) is 29.7 Å². The highest BCUT2D eigenvalue weighted by Crippen LogP contribution is 2.39. The highest BCUT2D eigenvalue weighted by atomic mass is 16.5. The molecule has 8 heteroatoms. The molecule has 182 valence electrons. The third-order valence-electron chi connectivity index (χ3n) is 6.22. The maximum atomic E-state index is 13.5. The van der Waals surface area contributed by atoms with Gasteiger partial charge in [-0.25, -0.2) is 4.68 Å². The molecule has 0 spiro atoms. The zero-order valence-electron chi connectivity index (χ0n) is 20.4. The Morgan fingerprint density at radius 1 is 1.03 bits per heavy atom. The average molecular weight is 482 g/mol. The summed E-state index contributed by atoms with van der Waals surface area (Å²) in [6.07, 6.45) is 1.47. The summed E-state index contributed by atoms with van der Waals surface area (Å²) < 4.78 is 13.5. The predicted octanol–water partition coefficient (Wildman–Crippen LogP) is 5.10. The van der Waals surface area contributed by atoms with Crippen LogP contribution in [-0.2, 0) is 11.4 Å². The smallest absolute Gasteiger partial charge is 0.255 e. The van der Waals surface area contributed by atoms with Crippen molar-refractivity contribution >= 4 is 17.5 Å². The van der Waals surface area contributed by atoms with E-state index >= 15 is 0 Å². The number of carbonyl (C=O) groups excluding carboxylic acids is 1. The number of aryl methyl sites for hydroxylation is 1. The largest absolute Gasteiger partial charge is 0.493 e. The Balaban J connectivity index is 1.48. The Bertz CT molecular complexity index is 1430. The van der Waals surface area contributed by atoms with Gasteiger partial charge in [0.25, 0.3) is 5.91 Å². The Labute approximate surface area is 209 Å². The molecular weight excluding hydrogens is 454 g/mol. The van der Waals surface area contributed by atoms with Crippen molar-refractivity contribution in [2.24, 2.45) is 0 Å². The number of ether oxygens (including phenoxy) is 2. The van der Waals surface area contributed by atoms with Gasteiger partial charge in [0.1, 0.15) is 19.0 Å². The Hall–Kier alpha value is -4.59. The number of methoxy groups -OCH3 is 1. The average Bonchev–Trinajstić information content (AvgIpc) is 3.36. The third kappa shape index (κ3) is 4.53. The Kier molecular flexibility index (Phi) is 6.40. The van der Waals surface area contributed by atoms with Crippen LogP contribution in [0.4, 0.5) is 11.6 Å². The molecule has 1 amide bonds. The summed E-state index contributed by atoms with van der Waals surface area (Å²) in [5.41, 5.74) is 5.04. The van der Waals surface area contributed by atoms with Crippen LogP contribution in [0.5, 0.6) is 11.5 Å². The van der Waals surface area contributed by atoms with E-state index in [1.165, 1.54) is 6.33 Å². The van der Waals surface area contributed by atoms with Gasteiger partial charge in [0.05, 0.1) is 12.7 Å². The summed E-state index contributed by atoms with van der Waals surface area (Å²) in [6.45, 7) is 4.34. The van der Waals surface area contributed by atoms with E-state index < -0.39 is 6.04 Å². The molecule has 0 radical (unpaired) electrons. The van der Waals surface area contributed by atoms with Crippen molar-refractivity contribution in [2.45, 2.75) is 26.5 Å². The molecule has 4 aromatic rings. The highest BCUT2D eigenvalue weighted by Gasteiger charge is 2.34. The second-order valence-electron chi connectivity index (χ2n) is 8.54. The molecule has 0 saturated heterocycles. The van der Waals surface area contributed by atoms with Gasteiger partial charge in [0, 0.05) is 11.4 Å². The van der Waals surface area contributed by atoms with Crippen LogP contribution in [0.2, 0.25) is 0 Å². The number of nitrogens with zero attached hydrogens (tertiary/aromatic N) is 3. The molecule has 1 atom stereocenters. The highest BCUT2D eigenvalue weighted by molar-refractivity contribution is 6.06. The van der Waals surface area contributed by atoms with Crippen LogP contribution in [0.25, 0.3) is 0 Å². The fourth-order valence-electron chi connectivity index (χ4n) is 4.31. The van der Waals surface area contributed by atoms with Crippen molar-refractivity contribution < 1.29 is 14.3 Å². The Morgan fingerprint density at radius 3 is 2.58 bits per heavy atom. The number of hydrogen-bond donors (Lipinski definition) is 2. The maximum Gasteiger partial charge on any atom is 0.255 e. The molecule has 0 bridgehead atoms. The van der Waals surface area contributed by atoms with E-state index in [-0.39, 0.29) is 5.91 Å². The number of rotatable bonds is 7. The molecule has 0 saturated carbocycles. The van der Waals surface area contributed by atoms with E-state index in [2.05, 4.69) is 33.7 Å². The number of carbonyl (C=O) groups is 1. The van der Waals surface area contributed by atoms with E-state index in [1.54, 1.807) is 11.8 Å². The topological polar surface area (TPSA) is 90.3 Å². The lowest BCUT2D eigenvalue weighted by atomic mass is 9.94. The first-order valence-corrected chi connectivity index (χ1v) is 11.6. The summed E-state index contributed by atoms with van der Waals surface area (Å²) in [5, 5.41) is 10.6. The number of allylic oxidation sites excluding steroid dienone is 1. The number of hydrogen-bond acceptors (Lipinski definition) is 6. The van der Waals surface area contributed by atoms with Crippen molar-refractivity contribution in [3.8, 4) is 11.5 Å². The molecule has 2 N–H and O–H groups in total. The van der Waals surface area contributed by atoms with Gasteiger partial charge in [-0.05, 0) is 54.8 Å². The van der Waals surface area contributed by atoms with Crippen molar-refractivity contribution in [3.63, 3.8) is 0 Å². The number of nitrogens with one attached hydrogen (secondary N) is 2. The van der Waals surface area contributed by atoms with Crippen molar-refractivity contribution in [3.05, 3.63) is 107 Å². The number of anilines is 2. The van der Waals surface area contributed by atoms with Gasteiger partial charge in [0.15, 0.2) is 11.5 Å². The predicted molar refractivity (Wildman–Crippen MR) is 138 cm³/mol. The van der Waals surface area contributed by atoms with Gasteiger partial charge in [-0.15, -0.1) is 0 Å². The second-order valence-corrected chi connectivity index (χ2v) is 8.54. The van der Waals surface area contributed by atoms with Crippen LogP contribution in [0.15, 0.2) is 90.4 Å². The number of para-hydroxylation sites is 1. The molecule has 0 fully saturated rings. The zero-order valence-corrected chi connectivity index (χ0v) is 20.4. The lowest BCUT2D eigenvalue weighted by Crippen LogP contribution is -2.31. The fourth-order valence-corrected chi connectivity index (χ4v) is 4.31. The quantitative estimate of drug-likeness (QED) is 0.382. The molecular formula is C28H27N5O3. The molecule has 1 aromatic heterocycles. The summed E-state index contributed by atoms with van der Waals surface area (Å²) in [5.74, 6) is 1.53. The van der Waals surface area contributed by atoms with E-state index in [9.17, 15) is 4.79 Å². The van der Waals surface area contributed by atoms with Crippen molar-refractivity contribution in [1.29, 1.82) is 0 Å². The molecule has 2 heterocycles. The molecule has 8 nitrogen and oxygen atoms in total. The second kappa shape index (κ2) is 9.95.